The van der Waals surface area contributed by atoms with Gasteiger partial charge in [-0.3, -0.25) is 4.79 Å². The molecule has 24 heavy (non-hydrogen) atoms. The maximum atomic E-state index is 13.1. The molecular weight excluding hydrogens is 355 g/mol. The smallest absolute Gasteiger partial charge is 0.277 e. The number of sulfone groups is 1. The minimum absolute atomic E-state index is 0.00206. The maximum Gasteiger partial charge on any atom is 0.277 e. The highest BCUT2D eigenvalue weighted by Gasteiger charge is 2.29. The molecule has 0 unspecified atom stereocenters. The van der Waals surface area contributed by atoms with E-state index in [-0.39, 0.29) is 34.2 Å². The van der Waals surface area contributed by atoms with E-state index in [1.54, 1.807) is 6.07 Å². The minimum atomic E-state index is -2.93. The minimum Gasteiger partial charge on any atom is -0.416 e. The second-order valence-electron chi connectivity index (χ2n) is 5.66. The highest BCUT2D eigenvalue weighted by atomic mass is 32.2. The first-order valence-corrected chi connectivity index (χ1v) is 10.2. The lowest BCUT2D eigenvalue weighted by molar-refractivity contribution is 0.102. The van der Waals surface area contributed by atoms with Crippen molar-refractivity contribution in [2.45, 2.75) is 18.1 Å². The van der Waals surface area contributed by atoms with E-state index < -0.39 is 15.7 Å². The Morgan fingerprint density at radius 1 is 1.38 bits per heavy atom. The summed E-state index contributed by atoms with van der Waals surface area (Å²) in [5, 5.41) is 7.98. The summed E-state index contributed by atoms with van der Waals surface area (Å²) in [6, 6.07) is 5.49. The van der Waals surface area contributed by atoms with E-state index in [2.05, 4.69) is 10.2 Å². The number of halogens is 1. The molecule has 0 spiro atoms. The third-order valence-corrected chi connectivity index (χ3v) is 6.37. The number of benzene rings is 1. The normalized spacial score (nSPS) is 19.5. The van der Waals surface area contributed by atoms with E-state index >= 15 is 0 Å². The van der Waals surface area contributed by atoms with Crippen LogP contribution in [0.2, 0.25) is 0 Å². The van der Waals surface area contributed by atoms with Gasteiger partial charge in [0.25, 0.3) is 5.22 Å². The van der Waals surface area contributed by atoms with Crippen LogP contribution in [0, 0.1) is 11.7 Å². The van der Waals surface area contributed by atoms with E-state index in [1.807, 2.05) is 0 Å². The molecule has 2 heterocycles. The molecule has 0 radical (unpaired) electrons. The van der Waals surface area contributed by atoms with Crippen LogP contribution in [0.1, 0.15) is 22.7 Å². The maximum absolute atomic E-state index is 13.1. The van der Waals surface area contributed by atoms with Gasteiger partial charge in [0.05, 0.1) is 17.3 Å². The standard InChI is InChI=1S/C15H15FN2O4S2/c16-12-3-1-2-11(7-12)13(19)8-23-15-18-17-14(22-15)6-10-4-5-24(20,21)9-10/h1-3,7,10H,4-6,8-9H2/t10-/m0/s1. The van der Waals surface area contributed by atoms with Crippen LogP contribution in [-0.2, 0) is 16.3 Å². The largest absolute Gasteiger partial charge is 0.416 e. The zero-order chi connectivity index (χ0) is 17.2. The fourth-order valence-electron chi connectivity index (χ4n) is 2.53. The molecule has 9 heteroatoms. The summed E-state index contributed by atoms with van der Waals surface area (Å²) in [6.45, 7) is 0. The van der Waals surface area contributed by atoms with Gasteiger partial charge in [-0.15, -0.1) is 10.2 Å². The molecule has 1 aromatic carbocycles. The van der Waals surface area contributed by atoms with Crippen molar-refractivity contribution < 1.29 is 22.0 Å². The average Bonchev–Trinajstić information content (AvgIpc) is 3.11. The first-order chi connectivity index (χ1) is 11.4. The van der Waals surface area contributed by atoms with Crippen LogP contribution in [0.5, 0.6) is 0 Å². The molecule has 0 aliphatic carbocycles. The number of hydrogen-bond donors (Lipinski definition) is 0. The summed E-state index contributed by atoms with van der Waals surface area (Å²) in [4.78, 5) is 12.0. The van der Waals surface area contributed by atoms with Crippen molar-refractivity contribution in [1.29, 1.82) is 0 Å². The van der Waals surface area contributed by atoms with Crippen LogP contribution in [0.3, 0.4) is 0 Å². The summed E-state index contributed by atoms with van der Waals surface area (Å²) in [6.07, 6.45) is 1.02. The molecule has 0 bridgehead atoms. The third kappa shape index (κ3) is 4.41. The Hall–Kier alpha value is -1.74. The van der Waals surface area contributed by atoms with Gasteiger partial charge in [0.2, 0.25) is 5.89 Å². The van der Waals surface area contributed by atoms with Crippen LogP contribution in [0.4, 0.5) is 4.39 Å². The molecule has 1 aromatic heterocycles. The Morgan fingerprint density at radius 3 is 2.92 bits per heavy atom. The van der Waals surface area contributed by atoms with Crippen LogP contribution in [0.15, 0.2) is 33.9 Å². The molecule has 1 saturated heterocycles. The van der Waals surface area contributed by atoms with Crippen LogP contribution in [-0.4, -0.2) is 41.7 Å². The molecule has 1 fully saturated rings. The van der Waals surface area contributed by atoms with Crippen LogP contribution < -0.4 is 0 Å². The number of aromatic nitrogens is 2. The van der Waals surface area contributed by atoms with Crippen molar-refractivity contribution in [3.63, 3.8) is 0 Å². The predicted octanol–water partition coefficient (Wildman–Crippen LogP) is 2.16. The van der Waals surface area contributed by atoms with E-state index in [0.717, 1.165) is 11.8 Å². The summed E-state index contributed by atoms with van der Waals surface area (Å²) >= 11 is 1.08. The van der Waals surface area contributed by atoms with Gasteiger partial charge in [-0.05, 0) is 24.5 Å². The second-order valence-corrected chi connectivity index (χ2v) is 8.81. The van der Waals surface area contributed by atoms with Crippen LogP contribution >= 0.6 is 11.8 Å². The molecule has 128 valence electrons. The van der Waals surface area contributed by atoms with Gasteiger partial charge >= 0.3 is 0 Å². The van der Waals surface area contributed by atoms with Gasteiger partial charge in [-0.2, -0.15) is 0 Å². The van der Waals surface area contributed by atoms with E-state index in [0.29, 0.717) is 24.3 Å². The number of hydrogen-bond acceptors (Lipinski definition) is 7. The topological polar surface area (TPSA) is 90.1 Å². The highest BCUT2D eigenvalue weighted by Crippen LogP contribution is 2.24. The molecule has 1 aliphatic heterocycles. The Bertz CT molecular complexity index is 851. The van der Waals surface area contributed by atoms with Gasteiger partial charge in [0.15, 0.2) is 15.6 Å². The molecule has 1 aliphatic rings. The van der Waals surface area contributed by atoms with E-state index in [4.69, 9.17) is 4.42 Å². The van der Waals surface area contributed by atoms with Crippen molar-refractivity contribution in [3.8, 4) is 0 Å². The van der Waals surface area contributed by atoms with E-state index in [9.17, 15) is 17.6 Å². The summed E-state index contributed by atoms with van der Waals surface area (Å²) in [7, 11) is -2.93. The Kier molecular flexibility index (Phi) is 5.00. The van der Waals surface area contributed by atoms with E-state index in [1.165, 1.54) is 18.2 Å². The fourth-order valence-corrected chi connectivity index (χ4v) is 5.07. The highest BCUT2D eigenvalue weighted by molar-refractivity contribution is 7.99. The summed E-state index contributed by atoms with van der Waals surface area (Å²) in [5.74, 6) is 0.0903. The monoisotopic (exact) mass is 370 g/mol. The number of ketones is 1. The first-order valence-electron chi connectivity index (χ1n) is 7.36. The molecule has 2 aromatic rings. The second kappa shape index (κ2) is 7.02. The van der Waals surface area contributed by atoms with Crippen molar-refractivity contribution in [3.05, 3.63) is 41.5 Å². The Balaban J connectivity index is 1.54. The zero-order valence-electron chi connectivity index (χ0n) is 12.6. The molecular formula is C15H15FN2O4S2. The fraction of sp³-hybridized carbons (Fsp3) is 0.400. The number of carbonyl (C=O) groups is 1. The van der Waals surface area contributed by atoms with Gasteiger partial charge in [-0.1, -0.05) is 23.9 Å². The molecule has 0 saturated carbocycles. The quantitative estimate of drug-likeness (QED) is 0.568. The zero-order valence-corrected chi connectivity index (χ0v) is 14.3. The SMILES string of the molecule is O=C(CSc1nnc(C[C@@H]2CCS(=O)(=O)C2)o1)c1cccc(F)c1. The van der Waals surface area contributed by atoms with Crippen molar-refractivity contribution in [1.82, 2.24) is 10.2 Å². The Morgan fingerprint density at radius 2 is 2.21 bits per heavy atom. The lowest BCUT2D eigenvalue weighted by Crippen LogP contribution is -2.07. The van der Waals surface area contributed by atoms with Gasteiger partial charge in [0.1, 0.15) is 5.82 Å². The third-order valence-electron chi connectivity index (χ3n) is 3.71. The predicted molar refractivity (Wildman–Crippen MR) is 86.2 cm³/mol. The van der Waals surface area contributed by atoms with Crippen molar-refractivity contribution in [2.24, 2.45) is 5.92 Å². The number of carbonyl (C=O) groups excluding carboxylic acids is 1. The number of rotatable bonds is 6. The molecule has 0 N–H and O–H groups in total. The number of thioether (sulfide) groups is 1. The van der Waals surface area contributed by atoms with Gasteiger partial charge < -0.3 is 4.42 Å². The van der Waals surface area contributed by atoms with Crippen molar-refractivity contribution >= 4 is 27.4 Å². The first kappa shape index (κ1) is 17.1. The van der Waals surface area contributed by atoms with Crippen molar-refractivity contribution in [2.75, 3.05) is 17.3 Å². The molecule has 0 amide bonds. The Labute approximate surface area is 142 Å². The van der Waals surface area contributed by atoms with Crippen LogP contribution in [0.25, 0.3) is 0 Å². The molecule has 6 nitrogen and oxygen atoms in total. The lowest BCUT2D eigenvalue weighted by Gasteiger charge is -2.02. The molecule has 3 rings (SSSR count). The van der Waals surface area contributed by atoms with Gasteiger partial charge in [-0.25, -0.2) is 12.8 Å². The summed E-state index contributed by atoms with van der Waals surface area (Å²) in [5.41, 5.74) is 0.290. The van der Waals surface area contributed by atoms with Gasteiger partial charge in [0, 0.05) is 12.0 Å². The molecule has 1 atom stereocenters. The number of nitrogens with zero attached hydrogens (tertiary/aromatic N) is 2. The lowest BCUT2D eigenvalue weighted by atomic mass is 10.1. The summed E-state index contributed by atoms with van der Waals surface area (Å²) < 4.78 is 41.4. The number of Topliss-reactive ketones (excluding diaryl/α,β-unsaturated/α-hetero) is 1. The average molecular weight is 370 g/mol.